The maximum absolute atomic E-state index is 13.0. The highest BCUT2D eigenvalue weighted by Gasteiger charge is 2.31. The Labute approximate surface area is 168 Å². The van der Waals surface area contributed by atoms with Gasteiger partial charge in [-0.25, -0.2) is 0 Å². The Bertz CT molecular complexity index is 929. The summed E-state index contributed by atoms with van der Waals surface area (Å²) in [4.78, 5) is 28.9. The number of nitrogens with zero attached hydrogens (tertiary/aromatic N) is 2. The van der Waals surface area contributed by atoms with E-state index in [-0.39, 0.29) is 24.8 Å². The van der Waals surface area contributed by atoms with Gasteiger partial charge in [0.15, 0.2) is 6.10 Å². The third kappa shape index (κ3) is 4.18. The number of carbonyl (C=O) groups is 2. The maximum Gasteiger partial charge on any atom is 0.267 e. The van der Waals surface area contributed by atoms with E-state index < -0.39 is 6.10 Å². The fraction of sp³-hybridized carbons (Fsp3) is 0.273. The molecule has 7 nitrogen and oxygen atoms in total. The van der Waals surface area contributed by atoms with Crippen LogP contribution in [0, 0.1) is 0 Å². The van der Waals surface area contributed by atoms with Gasteiger partial charge in [-0.05, 0) is 43.3 Å². The molecule has 1 aliphatic rings. The molecule has 0 saturated heterocycles. The molecule has 1 aromatic carbocycles. The molecule has 2 aromatic heterocycles. The first kappa shape index (κ1) is 18.9. The summed E-state index contributed by atoms with van der Waals surface area (Å²) in [6.07, 6.45) is 2.75. The van der Waals surface area contributed by atoms with E-state index in [1.807, 2.05) is 36.4 Å². The van der Waals surface area contributed by atoms with Crippen LogP contribution in [0.25, 0.3) is 0 Å². The quantitative estimate of drug-likeness (QED) is 0.612. The van der Waals surface area contributed by atoms with Crippen LogP contribution in [0.5, 0.6) is 5.75 Å². The molecule has 150 valence electrons. The summed E-state index contributed by atoms with van der Waals surface area (Å²) in [5.74, 6) is 1.77. The van der Waals surface area contributed by atoms with Gasteiger partial charge < -0.3 is 23.4 Å². The first-order chi connectivity index (χ1) is 14.1. The van der Waals surface area contributed by atoms with Crippen LogP contribution in [0.3, 0.4) is 0 Å². The fourth-order valence-corrected chi connectivity index (χ4v) is 3.37. The molecule has 1 unspecified atom stereocenters. The van der Waals surface area contributed by atoms with Crippen LogP contribution >= 0.6 is 0 Å². The highest BCUT2D eigenvalue weighted by molar-refractivity contribution is 6.00. The molecule has 2 amide bonds. The summed E-state index contributed by atoms with van der Waals surface area (Å²) in [6, 6.07) is 14.6. The first-order valence-electron chi connectivity index (χ1n) is 9.51. The molecule has 0 N–H and O–H groups in total. The van der Waals surface area contributed by atoms with Gasteiger partial charge in [0.2, 0.25) is 5.91 Å². The van der Waals surface area contributed by atoms with Gasteiger partial charge >= 0.3 is 0 Å². The summed E-state index contributed by atoms with van der Waals surface area (Å²) < 4.78 is 16.5. The van der Waals surface area contributed by atoms with E-state index in [2.05, 4.69) is 0 Å². The lowest BCUT2D eigenvalue weighted by molar-refractivity contribution is -0.133. The van der Waals surface area contributed by atoms with Crippen molar-refractivity contribution in [3.8, 4) is 5.75 Å². The van der Waals surface area contributed by atoms with Gasteiger partial charge in [0.05, 0.1) is 31.3 Å². The molecule has 0 spiro atoms. The molecule has 0 fully saturated rings. The zero-order valence-corrected chi connectivity index (χ0v) is 16.1. The number of ether oxygens (including phenoxy) is 1. The molecule has 7 heteroatoms. The topological polar surface area (TPSA) is 76.1 Å². The fourth-order valence-electron chi connectivity index (χ4n) is 3.37. The monoisotopic (exact) mass is 394 g/mol. The summed E-state index contributed by atoms with van der Waals surface area (Å²) in [5.41, 5.74) is 0.687. The van der Waals surface area contributed by atoms with E-state index in [4.69, 9.17) is 13.6 Å². The molecule has 3 heterocycles. The SMILES string of the molecule is CC1Oc2ccccc2N(CCC(=O)N(Cc2ccco2)Cc2ccco2)C1=O. The minimum absolute atomic E-state index is 0.0952. The number of hydrogen-bond donors (Lipinski definition) is 0. The van der Waals surface area contributed by atoms with Crippen molar-refractivity contribution in [2.24, 2.45) is 0 Å². The predicted molar refractivity (Wildman–Crippen MR) is 105 cm³/mol. The van der Waals surface area contributed by atoms with E-state index >= 15 is 0 Å². The Kier molecular flexibility index (Phi) is 5.37. The van der Waals surface area contributed by atoms with E-state index in [1.54, 1.807) is 41.4 Å². The van der Waals surface area contributed by atoms with Crippen LogP contribution < -0.4 is 9.64 Å². The number of rotatable bonds is 7. The molecule has 4 rings (SSSR count). The number of anilines is 1. The van der Waals surface area contributed by atoms with Crippen molar-refractivity contribution in [2.75, 3.05) is 11.4 Å². The lowest BCUT2D eigenvalue weighted by atomic mass is 10.1. The Morgan fingerprint density at radius 1 is 1.00 bits per heavy atom. The maximum atomic E-state index is 13.0. The average Bonchev–Trinajstić information content (AvgIpc) is 3.42. The van der Waals surface area contributed by atoms with Gasteiger partial charge in [-0.1, -0.05) is 12.1 Å². The van der Waals surface area contributed by atoms with Crippen molar-refractivity contribution in [1.82, 2.24) is 4.90 Å². The highest BCUT2D eigenvalue weighted by Crippen LogP contribution is 2.33. The number of hydrogen-bond acceptors (Lipinski definition) is 5. The predicted octanol–water partition coefficient (Wildman–Crippen LogP) is 3.61. The Hall–Kier alpha value is -3.48. The van der Waals surface area contributed by atoms with E-state index in [0.29, 0.717) is 36.0 Å². The Morgan fingerprint density at radius 3 is 2.28 bits per heavy atom. The number of fused-ring (bicyclic) bond motifs is 1. The molecule has 1 aliphatic heterocycles. The van der Waals surface area contributed by atoms with Gasteiger partial charge in [-0.3, -0.25) is 9.59 Å². The van der Waals surface area contributed by atoms with Gasteiger partial charge in [0.1, 0.15) is 17.3 Å². The molecule has 0 bridgehead atoms. The van der Waals surface area contributed by atoms with E-state index in [9.17, 15) is 9.59 Å². The number of benzene rings is 1. The standard InChI is InChI=1S/C22H22N2O5/c1-16-22(26)24(19-8-2-3-9-20(19)29-16)11-10-21(25)23(14-17-6-4-12-27-17)15-18-7-5-13-28-18/h2-9,12-13,16H,10-11,14-15H2,1H3. The summed E-state index contributed by atoms with van der Waals surface area (Å²) in [5, 5.41) is 0. The molecule has 3 aromatic rings. The lowest BCUT2D eigenvalue weighted by Crippen LogP contribution is -2.46. The van der Waals surface area contributed by atoms with Crippen LogP contribution in [0.1, 0.15) is 24.9 Å². The van der Waals surface area contributed by atoms with E-state index in [1.165, 1.54) is 0 Å². The highest BCUT2D eigenvalue weighted by atomic mass is 16.5. The third-order valence-corrected chi connectivity index (χ3v) is 4.83. The van der Waals surface area contributed by atoms with Crippen molar-refractivity contribution in [1.29, 1.82) is 0 Å². The van der Waals surface area contributed by atoms with Crippen molar-refractivity contribution in [3.63, 3.8) is 0 Å². The van der Waals surface area contributed by atoms with Gasteiger partial charge in [-0.2, -0.15) is 0 Å². The minimum atomic E-state index is -0.581. The summed E-state index contributed by atoms with van der Waals surface area (Å²) in [6.45, 7) is 2.65. The third-order valence-electron chi connectivity index (χ3n) is 4.83. The van der Waals surface area contributed by atoms with E-state index in [0.717, 1.165) is 0 Å². The first-order valence-corrected chi connectivity index (χ1v) is 9.51. The minimum Gasteiger partial charge on any atom is -0.479 e. The Balaban J connectivity index is 1.48. The van der Waals surface area contributed by atoms with Crippen LogP contribution in [0.15, 0.2) is 69.9 Å². The zero-order chi connectivity index (χ0) is 20.2. The summed E-state index contributed by atoms with van der Waals surface area (Å²) in [7, 11) is 0. The molecular formula is C22H22N2O5. The number of carbonyl (C=O) groups excluding carboxylic acids is 2. The second-order valence-corrected chi connectivity index (χ2v) is 6.88. The average molecular weight is 394 g/mol. The van der Waals surface area contributed by atoms with Crippen LogP contribution in [-0.4, -0.2) is 29.4 Å². The van der Waals surface area contributed by atoms with Gasteiger partial charge in [-0.15, -0.1) is 0 Å². The molecule has 29 heavy (non-hydrogen) atoms. The molecule has 1 atom stereocenters. The largest absolute Gasteiger partial charge is 0.479 e. The summed E-state index contributed by atoms with van der Waals surface area (Å²) >= 11 is 0. The number of para-hydroxylation sites is 2. The molecule has 0 radical (unpaired) electrons. The smallest absolute Gasteiger partial charge is 0.267 e. The molecule has 0 aliphatic carbocycles. The molecular weight excluding hydrogens is 372 g/mol. The Morgan fingerprint density at radius 2 is 1.66 bits per heavy atom. The lowest BCUT2D eigenvalue weighted by Gasteiger charge is -2.33. The van der Waals surface area contributed by atoms with Crippen molar-refractivity contribution < 1.29 is 23.2 Å². The second kappa shape index (κ2) is 8.26. The van der Waals surface area contributed by atoms with Crippen LogP contribution in [0.4, 0.5) is 5.69 Å². The van der Waals surface area contributed by atoms with Crippen molar-refractivity contribution >= 4 is 17.5 Å². The van der Waals surface area contributed by atoms with Crippen molar-refractivity contribution in [2.45, 2.75) is 32.5 Å². The van der Waals surface area contributed by atoms with Crippen LogP contribution in [0.2, 0.25) is 0 Å². The normalized spacial score (nSPS) is 15.7. The van der Waals surface area contributed by atoms with Gasteiger partial charge in [0, 0.05) is 13.0 Å². The second-order valence-electron chi connectivity index (χ2n) is 6.88. The zero-order valence-electron chi connectivity index (χ0n) is 16.1. The van der Waals surface area contributed by atoms with Crippen molar-refractivity contribution in [3.05, 3.63) is 72.6 Å². The number of amides is 2. The molecule has 0 saturated carbocycles. The van der Waals surface area contributed by atoms with Crippen LogP contribution in [-0.2, 0) is 22.7 Å². The number of furan rings is 2. The van der Waals surface area contributed by atoms with Gasteiger partial charge in [0.25, 0.3) is 5.91 Å².